The fourth-order valence-electron chi connectivity index (χ4n) is 5.96. The molecule has 3 heterocycles. The van der Waals surface area contributed by atoms with Crippen LogP contribution in [0.3, 0.4) is 0 Å². The standard InChI is InChI=1S/C26H29ClN2O4S.C16H15ClN2O2S/c1-6-33-25(31)23(22-13-20(10-7-17(22)2)29-15-19(27)14-28-29)24(30)26(3,4)34-16-18-8-11-21(32-5)12-9-18;1-9-4-5-11(19-8-10(17)7-18-19)6-12(9)13-14(20)16(2,3)22-15(13)21/h7-15,23H,6,16H2,1-5H3;4-8,20H,1-3H3. The van der Waals surface area contributed by atoms with Crippen LogP contribution in [0.4, 0.5) is 0 Å². The minimum Gasteiger partial charge on any atom is -0.510 e. The Hall–Kier alpha value is -4.49. The van der Waals surface area contributed by atoms with Crippen LogP contribution in [0.15, 0.2) is 91.2 Å². The van der Waals surface area contributed by atoms with Crippen molar-refractivity contribution in [3.63, 3.8) is 0 Å². The summed E-state index contributed by atoms with van der Waals surface area (Å²) in [5.41, 5.74) is 6.02. The van der Waals surface area contributed by atoms with Crippen LogP contribution in [-0.4, -0.2) is 64.7 Å². The summed E-state index contributed by atoms with van der Waals surface area (Å²) in [5, 5.41) is 19.8. The van der Waals surface area contributed by atoms with E-state index in [2.05, 4.69) is 10.2 Å². The second kappa shape index (κ2) is 17.8. The maximum absolute atomic E-state index is 13.8. The number of aliphatic hydroxyl groups is 1. The number of nitrogens with zero attached hydrogens (tertiary/aromatic N) is 4. The van der Waals surface area contributed by atoms with Gasteiger partial charge >= 0.3 is 5.97 Å². The summed E-state index contributed by atoms with van der Waals surface area (Å²) in [7, 11) is 1.62. The van der Waals surface area contributed by atoms with Crippen molar-refractivity contribution in [2.24, 2.45) is 0 Å². The smallest absolute Gasteiger partial charge is 0.321 e. The molecule has 1 aliphatic rings. The summed E-state index contributed by atoms with van der Waals surface area (Å²) >= 11 is 14.6. The molecule has 0 fully saturated rings. The Labute approximate surface area is 345 Å². The topological polar surface area (TPSA) is 126 Å². The fourth-order valence-corrected chi connectivity index (χ4v) is 8.18. The molecule has 14 heteroatoms. The van der Waals surface area contributed by atoms with Crippen molar-refractivity contribution in [3.05, 3.63) is 129 Å². The van der Waals surface area contributed by atoms with Crippen LogP contribution >= 0.6 is 46.7 Å². The van der Waals surface area contributed by atoms with Gasteiger partial charge < -0.3 is 14.6 Å². The van der Waals surface area contributed by atoms with Gasteiger partial charge in [-0.15, -0.1) is 11.8 Å². The summed E-state index contributed by atoms with van der Waals surface area (Å²) in [5.74, 6) is -0.290. The number of ether oxygens (including phenoxy) is 2. The van der Waals surface area contributed by atoms with Crippen LogP contribution in [0.5, 0.6) is 5.75 Å². The van der Waals surface area contributed by atoms with Crippen LogP contribution in [0, 0.1) is 13.8 Å². The highest BCUT2D eigenvalue weighted by Gasteiger charge is 2.42. The summed E-state index contributed by atoms with van der Waals surface area (Å²) in [6.45, 7) is 13.1. The molecule has 0 saturated carbocycles. The van der Waals surface area contributed by atoms with Crippen molar-refractivity contribution in [1.82, 2.24) is 19.6 Å². The number of carbonyl (C=O) groups is 3. The Bertz CT molecular complexity index is 2280. The van der Waals surface area contributed by atoms with E-state index in [-0.39, 0.29) is 23.3 Å². The number of aryl methyl sites for hydroxylation is 2. The summed E-state index contributed by atoms with van der Waals surface area (Å²) < 4.78 is 12.4. The fraction of sp³-hybridized carbons (Fsp3) is 0.310. The van der Waals surface area contributed by atoms with Gasteiger partial charge in [0, 0.05) is 18.1 Å². The first-order chi connectivity index (χ1) is 26.4. The zero-order valence-corrected chi connectivity index (χ0v) is 35.6. The monoisotopic (exact) mass is 834 g/mol. The average molecular weight is 836 g/mol. The number of benzene rings is 3. The third-order valence-corrected chi connectivity index (χ3v) is 12.1. The van der Waals surface area contributed by atoms with Gasteiger partial charge in [0.1, 0.15) is 17.4 Å². The lowest BCUT2D eigenvalue weighted by Gasteiger charge is -2.28. The lowest BCUT2D eigenvalue weighted by atomic mass is 9.85. The highest BCUT2D eigenvalue weighted by atomic mass is 35.5. The van der Waals surface area contributed by atoms with Gasteiger partial charge in [-0.05, 0) is 113 Å². The lowest BCUT2D eigenvalue weighted by Crippen LogP contribution is -2.38. The highest BCUT2D eigenvalue weighted by Crippen LogP contribution is 2.46. The third kappa shape index (κ3) is 9.72. The van der Waals surface area contributed by atoms with Gasteiger partial charge in [-0.1, -0.05) is 59.2 Å². The molecular weight excluding hydrogens is 792 g/mol. The lowest BCUT2D eigenvalue weighted by molar-refractivity contribution is -0.148. The first-order valence-electron chi connectivity index (χ1n) is 17.7. The molecule has 0 aliphatic carbocycles. The zero-order chi connectivity index (χ0) is 40.9. The number of hydrogen-bond acceptors (Lipinski definition) is 10. The van der Waals surface area contributed by atoms with Crippen LogP contribution < -0.4 is 4.74 Å². The van der Waals surface area contributed by atoms with Crippen LogP contribution in [0.25, 0.3) is 16.9 Å². The number of aliphatic hydroxyl groups excluding tert-OH is 1. The quantitative estimate of drug-likeness (QED) is 0.0959. The number of ketones is 1. The molecule has 1 unspecified atom stereocenters. The van der Waals surface area contributed by atoms with Crippen LogP contribution in [-0.2, 0) is 24.9 Å². The molecule has 6 rings (SSSR count). The molecule has 5 aromatic rings. The summed E-state index contributed by atoms with van der Waals surface area (Å²) in [4.78, 5) is 39.2. The molecule has 1 N–H and O–H groups in total. The van der Waals surface area contributed by atoms with E-state index in [1.54, 1.807) is 42.0 Å². The zero-order valence-electron chi connectivity index (χ0n) is 32.4. The van der Waals surface area contributed by atoms with Crippen LogP contribution in [0.1, 0.15) is 68.4 Å². The van der Waals surface area contributed by atoms with Crippen molar-refractivity contribution >= 4 is 69.2 Å². The number of carbonyl (C=O) groups excluding carboxylic acids is 3. The molecule has 10 nitrogen and oxygen atoms in total. The van der Waals surface area contributed by atoms with E-state index in [9.17, 15) is 19.5 Å². The Morgan fingerprint density at radius 1 is 0.929 bits per heavy atom. The molecular formula is C42H44Cl2N4O6S2. The minimum atomic E-state index is -1.05. The van der Waals surface area contributed by atoms with E-state index >= 15 is 0 Å². The largest absolute Gasteiger partial charge is 0.510 e. The molecule has 294 valence electrons. The first-order valence-corrected chi connectivity index (χ1v) is 20.3. The highest BCUT2D eigenvalue weighted by molar-refractivity contribution is 8.16. The SMILES string of the molecule is CCOC(=O)C(C(=O)C(C)(C)SCc1ccc(OC)cc1)c1cc(-n2cc(Cl)cn2)ccc1C.Cc1ccc(-n2cc(Cl)cn2)cc1C1=C(O)C(C)(C)SC1=O. The Morgan fingerprint density at radius 3 is 2.00 bits per heavy atom. The Kier molecular flexibility index (Phi) is 13.5. The van der Waals surface area contributed by atoms with Crippen molar-refractivity contribution in [1.29, 1.82) is 0 Å². The number of aromatic nitrogens is 4. The van der Waals surface area contributed by atoms with Gasteiger partial charge in [-0.2, -0.15) is 10.2 Å². The molecule has 0 amide bonds. The molecule has 1 aliphatic heterocycles. The van der Waals surface area contributed by atoms with E-state index < -0.39 is 21.4 Å². The average Bonchev–Trinajstić information content (AvgIpc) is 3.85. The van der Waals surface area contributed by atoms with Crippen molar-refractivity contribution in [3.8, 4) is 17.1 Å². The van der Waals surface area contributed by atoms with Gasteiger partial charge in [0.05, 0.1) is 62.6 Å². The Morgan fingerprint density at radius 2 is 1.50 bits per heavy atom. The maximum atomic E-state index is 13.8. The second-order valence-electron chi connectivity index (χ2n) is 14.1. The molecule has 3 aromatic carbocycles. The summed E-state index contributed by atoms with van der Waals surface area (Å²) in [6, 6.07) is 18.9. The van der Waals surface area contributed by atoms with Crippen molar-refractivity contribution < 1.29 is 29.0 Å². The first kappa shape index (κ1) is 42.6. The number of Topliss-reactive ketones (excluding diaryl/α,β-unsaturated/α-hetero) is 1. The predicted octanol–water partition coefficient (Wildman–Crippen LogP) is 9.93. The van der Waals surface area contributed by atoms with Gasteiger partial charge in [-0.3, -0.25) is 14.4 Å². The van der Waals surface area contributed by atoms with E-state index in [1.807, 2.05) is 102 Å². The molecule has 2 aromatic heterocycles. The number of methoxy groups -OCH3 is 1. The maximum Gasteiger partial charge on any atom is 0.321 e. The van der Waals surface area contributed by atoms with E-state index in [0.29, 0.717) is 32.6 Å². The van der Waals surface area contributed by atoms with Crippen molar-refractivity contribution in [2.45, 2.75) is 69.6 Å². The van der Waals surface area contributed by atoms with Gasteiger partial charge in [0.2, 0.25) is 5.12 Å². The van der Waals surface area contributed by atoms with E-state index in [0.717, 1.165) is 45.5 Å². The molecule has 0 spiro atoms. The molecule has 1 atom stereocenters. The number of thioether (sulfide) groups is 2. The van der Waals surface area contributed by atoms with E-state index in [4.69, 9.17) is 32.7 Å². The van der Waals surface area contributed by atoms with Crippen molar-refractivity contribution in [2.75, 3.05) is 13.7 Å². The normalized spacial score (nSPS) is 14.3. The molecule has 0 saturated heterocycles. The number of halogens is 2. The Balaban J connectivity index is 0.000000234. The molecule has 56 heavy (non-hydrogen) atoms. The van der Waals surface area contributed by atoms with E-state index in [1.165, 1.54) is 18.0 Å². The number of esters is 1. The third-order valence-electron chi connectivity index (χ3n) is 9.19. The number of rotatable bonds is 12. The molecule has 0 bridgehead atoms. The van der Waals surface area contributed by atoms with Crippen LogP contribution in [0.2, 0.25) is 10.0 Å². The van der Waals surface area contributed by atoms with Gasteiger partial charge in [0.25, 0.3) is 0 Å². The second-order valence-corrected chi connectivity index (χ2v) is 18.1. The van der Waals surface area contributed by atoms with Gasteiger partial charge in [-0.25, -0.2) is 9.36 Å². The predicted molar refractivity (Wildman–Crippen MR) is 226 cm³/mol. The number of hydrogen-bond donors (Lipinski definition) is 1. The van der Waals surface area contributed by atoms with Gasteiger partial charge in [0.15, 0.2) is 5.78 Å². The minimum absolute atomic E-state index is 0.110. The molecule has 0 radical (unpaired) electrons. The summed E-state index contributed by atoms with van der Waals surface area (Å²) in [6.07, 6.45) is 6.46.